The van der Waals surface area contributed by atoms with Gasteiger partial charge in [-0.2, -0.15) is 8.42 Å². The van der Waals surface area contributed by atoms with E-state index in [0.717, 1.165) is 6.26 Å². The van der Waals surface area contributed by atoms with Crippen LogP contribution in [0.4, 0.5) is 0 Å². The Kier molecular flexibility index (Phi) is 3.55. The van der Waals surface area contributed by atoms with E-state index >= 15 is 0 Å². The lowest BCUT2D eigenvalue weighted by Crippen LogP contribution is -2.01. The van der Waals surface area contributed by atoms with Gasteiger partial charge in [-0.15, -0.1) is 0 Å². The van der Waals surface area contributed by atoms with Crippen LogP contribution < -0.4 is 0 Å². The van der Waals surface area contributed by atoms with Crippen LogP contribution in [0.25, 0.3) is 0 Å². The van der Waals surface area contributed by atoms with E-state index in [-0.39, 0.29) is 4.90 Å². The number of hydrogen-bond donors (Lipinski definition) is 0. The molecule has 0 radical (unpaired) electrons. The monoisotopic (exact) mass is 232 g/mol. The summed E-state index contributed by atoms with van der Waals surface area (Å²) in [7, 11) is -3.68. The van der Waals surface area contributed by atoms with E-state index < -0.39 is 10.1 Å². The van der Waals surface area contributed by atoms with Crippen LogP contribution >= 0.6 is 11.6 Å². The number of rotatable bonds is 3. The zero-order valence-corrected chi connectivity index (χ0v) is 9.05. The molecule has 0 saturated carbocycles. The van der Waals surface area contributed by atoms with E-state index in [1.807, 2.05) is 0 Å². The maximum absolute atomic E-state index is 11.4. The van der Waals surface area contributed by atoms with Crippen molar-refractivity contribution in [1.29, 1.82) is 0 Å². The largest absolute Gasteiger partial charge is 0.387 e. The van der Waals surface area contributed by atoms with Crippen molar-refractivity contribution in [3.8, 4) is 0 Å². The topological polar surface area (TPSA) is 43.4 Å². The van der Waals surface area contributed by atoms with E-state index in [9.17, 15) is 8.42 Å². The van der Waals surface area contributed by atoms with Gasteiger partial charge in [0, 0.05) is 5.02 Å². The highest BCUT2D eigenvalue weighted by atomic mass is 35.5. The first kappa shape index (κ1) is 11.1. The predicted octanol–water partition coefficient (Wildman–Crippen LogP) is 2.58. The molecule has 1 aromatic carbocycles. The molecule has 0 heterocycles. The summed E-state index contributed by atoms with van der Waals surface area (Å²) >= 11 is 5.62. The zero-order chi connectivity index (χ0) is 10.6. The molecule has 0 bridgehead atoms. The average Bonchev–Trinajstić information content (AvgIpc) is 2.16. The molecule has 0 saturated heterocycles. The fourth-order valence-electron chi connectivity index (χ4n) is 0.786. The van der Waals surface area contributed by atoms with Crippen molar-refractivity contribution >= 4 is 21.7 Å². The normalized spacial score (nSPS) is 11.9. The van der Waals surface area contributed by atoms with Crippen LogP contribution in [0.2, 0.25) is 5.02 Å². The van der Waals surface area contributed by atoms with E-state index in [4.69, 9.17) is 11.6 Å². The fourth-order valence-corrected chi connectivity index (χ4v) is 1.75. The number of allylic oxidation sites excluding steroid dienone is 1. The smallest absolute Gasteiger partial charge is 0.338 e. The quantitative estimate of drug-likeness (QED) is 0.594. The Morgan fingerprint density at radius 3 is 2.36 bits per heavy atom. The molecule has 1 rings (SSSR count). The van der Waals surface area contributed by atoms with Crippen LogP contribution in [0.15, 0.2) is 41.5 Å². The molecule has 3 nitrogen and oxygen atoms in total. The van der Waals surface area contributed by atoms with Gasteiger partial charge in [0.1, 0.15) is 11.2 Å². The second-order valence-corrected chi connectivity index (χ2v) is 4.48. The Balaban J connectivity index is 2.99. The van der Waals surface area contributed by atoms with Gasteiger partial charge in [-0.1, -0.05) is 17.7 Å². The molecule has 0 atom stereocenters. The van der Waals surface area contributed by atoms with Gasteiger partial charge in [-0.05, 0) is 31.2 Å². The minimum Gasteiger partial charge on any atom is -0.387 e. The first-order chi connectivity index (χ1) is 6.56. The Labute approximate surface area is 88.1 Å². The van der Waals surface area contributed by atoms with Crippen molar-refractivity contribution in [2.45, 2.75) is 11.8 Å². The van der Waals surface area contributed by atoms with Crippen LogP contribution in [0, 0.1) is 0 Å². The van der Waals surface area contributed by atoms with Gasteiger partial charge in [0.2, 0.25) is 0 Å². The van der Waals surface area contributed by atoms with E-state index in [2.05, 4.69) is 4.18 Å². The highest BCUT2D eigenvalue weighted by Crippen LogP contribution is 2.16. The molecule has 1 aromatic rings. The average molecular weight is 233 g/mol. The van der Waals surface area contributed by atoms with Crippen molar-refractivity contribution < 1.29 is 12.6 Å². The van der Waals surface area contributed by atoms with Crippen molar-refractivity contribution in [1.82, 2.24) is 0 Å². The summed E-state index contributed by atoms with van der Waals surface area (Å²) < 4.78 is 27.3. The maximum Gasteiger partial charge on any atom is 0.338 e. The highest BCUT2D eigenvalue weighted by Gasteiger charge is 2.12. The lowest BCUT2D eigenvalue weighted by molar-refractivity contribution is 0.443. The van der Waals surface area contributed by atoms with Crippen LogP contribution in [0.1, 0.15) is 6.92 Å². The molecule has 0 aromatic heterocycles. The van der Waals surface area contributed by atoms with Gasteiger partial charge in [0.05, 0.1) is 0 Å². The zero-order valence-electron chi connectivity index (χ0n) is 7.48. The third-order valence-corrected chi connectivity index (χ3v) is 2.89. The summed E-state index contributed by atoms with van der Waals surface area (Å²) in [6.07, 6.45) is 2.61. The maximum atomic E-state index is 11.4. The third-order valence-electron chi connectivity index (χ3n) is 1.42. The van der Waals surface area contributed by atoms with Gasteiger partial charge in [0.15, 0.2) is 0 Å². The second kappa shape index (κ2) is 4.48. The molecule has 0 N–H and O–H groups in total. The van der Waals surface area contributed by atoms with Crippen molar-refractivity contribution in [2.24, 2.45) is 0 Å². The third kappa shape index (κ3) is 2.75. The summed E-state index contributed by atoms with van der Waals surface area (Å²) in [5.41, 5.74) is 0. The fraction of sp³-hybridized carbons (Fsp3) is 0.111. The molecule has 0 amide bonds. The summed E-state index contributed by atoms with van der Waals surface area (Å²) in [6.45, 7) is 1.66. The molecule has 0 aliphatic heterocycles. The first-order valence-corrected chi connectivity index (χ1v) is 5.65. The summed E-state index contributed by atoms with van der Waals surface area (Å²) in [6, 6.07) is 5.77. The molecule has 0 aliphatic carbocycles. The standard InChI is InChI=1S/C9H9ClO3S/c1-2-7-13-14(11,12)9-5-3-8(10)4-6-9/h2-7H,1H3/b7-2+. The second-order valence-electron chi connectivity index (χ2n) is 2.47. The van der Waals surface area contributed by atoms with Gasteiger partial charge in [0.25, 0.3) is 0 Å². The molecule has 0 spiro atoms. The van der Waals surface area contributed by atoms with E-state index in [1.54, 1.807) is 6.92 Å². The van der Waals surface area contributed by atoms with Crippen LogP contribution in [-0.4, -0.2) is 8.42 Å². The highest BCUT2D eigenvalue weighted by molar-refractivity contribution is 7.86. The lowest BCUT2D eigenvalue weighted by atomic mass is 10.4. The number of benzene rings is 1. The molecule has 14 heavy (non-hydrogen) atoms. The first-order valence-electron chi connectivity index (χ1n) is 3.86. The van der Waals surface area contributed by atoms with Crippen molar-refractivity contribution in [3.63, 3.8) is 0 Å². The van der Waals surface area contributed by atoms with Crippen molar-refractivity contribution in [3.05, 3.63) is 41.6 Å². The number of halogens is 1. The Hall–Kier alpha value is -1.00. The minimum atomic E-state index is -3.68. The summed E-state index contributed by atoms with van der Waals surface area (Å²) in [5.74, 6) is 0. The van der Waals surface area contributed by atoms with Crippen molar-refractivity contribution in [2.75, 3.05) is 0 Å². The van der Waals surface area contributed by atoms with Gasteiger partial charge in [-0.3, -0.25) is 0 Å². The molecular formula is C9H9ClO3S. The van der Waals surface area contributed by atoms with Gasteiger partial charge >= 0.3 is 10.1 Å². The molecular weight excluding hydrogens is 224 g/mol. The molecule has 76 valence electrons. The summed E-state index contributed by atoms with van der Waals surface area (Å²) in [4.78, 5) is 0.0833. The lowest BCUT2D eigenvalue weighted by Gasteiger charge is -2.01. The Morgan fingerprint density at radius 2 is 1.86 bits per heavy atom. The SMILES string of the molecule is C/C=C/OS(=O)(=O)c1ccc(Cl)cc1. The van der Waals surface area contributed by atoms with Crippen LogP contribution in [0.5, 0.6) is 0 Å². The van der Waals surface area contributed by atoms with E-state index in [1.165, 1.54) is 30.3 Å². The Bertz CT molecular complexity index is 420. The number of hydrogen-bond acceptors (Lipinski definition) is 3. The molecule has 0 aliphatic rings. The van der Waals surface area contributed by atoms with Gasteiger partial charge in [-0.25, -0.2) is 0 Å². The molecule has 5 heteroatoms. The van der Waals surface area contributed by atoms with Crippen LogP contribution in [-0.2, 0) is 14.3 Å². The molecule has 0 fully saturated rings. The minimum absolute atomic E-state index is 0.0833. The van der Waals surface area contributed by atoms with Crippen LogP contribution in [0.3, 0.4) is 0 Å². The van der Waals surface area contributed by atoms with E-state index in [0.29, 0.717) is 5.02 Å². The summed E-state index contributed by atoms with van der Waals surface area (Å²) in [5, 5.41) is 0.481. The molecule has 0 unspecified atom stereocenters. The predicted molar refractivity (Wildman–Crippen MR) is 54.5 cm³/mol. The Morgan fingerprint density at radius 1 is 1.29 bits per heavy atom. The van der Waals surface area contributed by atoms with Gasteiger partial charge < -0.3 is 4.18 Å².